The summed E-state index contributed by atoms with van der Waals surface area (Å²) in [6.07, 6.45) is 14.2. The number of aliphatic carboxylic acids is 1. The number of hydrogen-bond acceptors (Lipinski definition) is 15. The van der Waals surface area contributed by atoms with Crippen molar-refractivity contribution in [2.45, 2.75) is 173 Å². The van der Waals surface area contributed by atoms with Crippen molar-refractivity contribution >= 4 is 51.4 Å². The molecule has 2 bridgehead atoms. The fourth-order valence-electron chi connectivity index (χ4n) is 13.1. The third-order valence-electron chi connectivity index (χ3n) is 16.7. The molecule has 2 aromatic carbocycles. The molecule has 0 spiro atoms. The second-order valence-electron chi connectivity index (χ2n) is 24.6. The first-order valence-corrected chi connectivity index (χ1v) is 28.7. The summed E-state index contributed by atoms with van der Waals surface area (Å²) in [5, 5.41) is 11.4. The first kappa shape index (κ1) is 57.8. The Balaban J connectivity index is 0.889. The number of piperazine rings is 1. The molecule has 6 fully saturated rings. The topological polar surface area (TPSA) is 199 Å². The van der Waals surface area contributed by atoms with Crippen LogP contribution in [-0.4, -0.2) is 178 Å². The molecule has 6 saturated heterocycles. The number of likely N-dealkylation sites (tertiary alicyclic amines) is 3. The number of carbonyl (C=O) groups is 4. The summed E-state index contributed by atoms with van der Waals surface area (Å²) in [5.41, 5.74) is -1.48. The Morgan fingerprint density at radius 1 is 0.951 bits per heavy atom. The van der Waals surface area contributed by atoms with Crippen LogP contribution in [0.4, 0.5) is 19.4 Å². The van der Waals surface area contributed by atoms with Gasteiger partial charge in [-0.2, -0.15) is 9.97 Å². The van der Waals surface area contributed by atoms with Crippen molar-refractivity contribution in [2.75, 3.05) is 64.7 Å². The summed E-state index contributed by atoms with van der Waals surface area (Å²) < 4.78 is 68.5. The molecule has 21 heteroatoms. The quantitative estimate of drug-likeness (QED) is 0.0782. The number of carboxylic acids is 1. The van der Waals surface area contributed by atoms with Crippen molar-refractivity contribution in [3.05, 3.63) is 47.7 Å². The van der Waals surface area contributed by atoms with E-state index in [4.69, 9.17) is 44.8 Å². The van der Waals surface area contributed by atoms with Crippen LogP contribution >= 0.6 is 0 Å². The standard InChI is InChI=1S/C60H76F2N8O11/c1-9-42-45(61)21-17-35-26-40(79-34-76-8)27-43(49(35)42)51-50(62)52-44(29-63-51)54(67-30-37-18-19-38(31-67)69(37)58(75)81-60(5,6)7)65-57(64-52)78-33-39-15-13-24-66(39)23-12-14-36-20-22-47(71)70(36)53(59(2,3)4)55(72)68-32-41(28-46(68)56(73)74)80-48-16-10-11-25-77-48/h1,17,21,26-27,29,36-39,41,46,48,53H,10-16,18-20,22-25,28,30-34H2,2-8H3,(H,73,74)/t36?,37?,38?,39-,41+,46-,48?,53+/m0/s1. The minimum atomic E-state index is -1.10. The summed E-state index contributed by atoms with van der Waals surface area (Å²) >= 11 is 0. The van der Waals surface area contributed by atoms with Crippen molar-refractivity contribution < 1.29 is 61.5 Å². The Labute approximate surface area is 471 Å². The third-order valence-corrected chi connectivity index (χ3v) is 16.7. The Bertz CT molecular complexity index is 3050. The molecule has 81 heavy (non-hydrogen) atoms. The van der Waals surface area contributed by atoms with Gasteiger partial charge in [-0.3, -0.25) is 24.4 Å². The van der Waals surface area contributed by atoms with Crippen LogP contribution in [-0.2, 0) is 33.3 Å². The fraction of sp³-hybridized carbons (Fsp3) is 0.617. The number of fused-ring (bicyclic) bond motifs is 4. The Morgan fingerprint density at radius 2 is 1.73 bits per heavy atom. The Morgan fingerprint density at radius 3 is 2.42 bits per heavy atom. The zero-order chi connectivity index (χ0) is 57.5. The van der Waals surface area contributed by atoms with Crippen LogP contribution in [0.5, 0.6) is 11.8 Å². The maximum atomic E-state index is 17.7. The molecule has 436 valence electrons. The van der Waals surface area contributed by atoms with Crippen molar-refractivity contribution in [1.82, 2.24) is 34.6 Å². The maximum Gasteiger partial charge on any atom is 0.410 e. The molecule has 0 aliphatic carbocycles. The second-order valence-corrected chi connectivity index (χ2v) is 24.6. The van der Waals surface area contributed by atoms with Crippen molar-refractivity contribution in [3.63, 3.8) is 0 Å². The number of nitrogens with zero attached hydrogens (tertiary/aromatic N) is 8. The lowest BCUT2D eigenvalue weighted by atomic mass is 9.83. The van der Waals surface area contributed by atoms with Gasteiger partial charge in [-0.15, -0.1) is 6.42 Å². The number of methoxy groups -OCH3 is 1. The monoisotopic (exact) mass is 1120 g/mol. The van der Waals surface area contributed by atoms with E-state index in [1.165, 1.54) is 24.3 Å². The van der Waals surface area contributed by atoms with Crippen LogP contribution in [0.3, 0.4) is 0 Å². The van der Waals surface area contributed by atoms with E-state index >= 15 is 8.78 Å². The highest BCUT2D eigenvalue weighted by molar-refractivity contribution is 6.03. The smallest absolute Gasteiger partial charge is 0.410 e. The molecular weight excluding hydrogens is 1050 g/mol. The predicted octanol–water partition coefficient (Wildman–Crippen LogP) is 8.30. The highest BCUT2D eigenvalue weighted by Crippen LogP contribution is 2.42. The minimum absolute atomic E-state index is 0.0546. The van der Waals surface area contributed by atoms with E-state index in [0.717, 1.165) is 45.1 Å². The highest BCUT2D eigenvalue weighted by Gasteiger charge is 2.51. The summed E-state index contributed by atoms with van der Waals surface area (Å²) in [6, 6.07) is 3.31. The van der Waals surface area contributed by atoms with E-state index in [1.807, 2.05) is 51.3 Å². The van der Waals surface area contributed by atoms with Crippen molar-refractivity contribution in [1.29, 1.82) is 0 Å². The number of halogens is 2. The second kappa shape index (κ2) is 23.8. The highest BCUT2D eigenvalue weighted by atomic mass is 19.1. The van der Waals surface area contributed by atoms with Gasteiger partial charge in [0.1, 0.15) is 52.9 Å². The molecule has 8 heterocycles. The maximum absolute atomic E-state index is 17.7. The van der Waals surface area contributed by atoms with Crippen LogP contribution in [0.1, 0.15) is 124 Å². The molecule has 6 aliphatic heterocycles. The zero-order valence-electron chi connectivity index (χ0n) is 47.6. The van der Waals surface area contributed by atoms with Crippen LogP contribution in [0.25, 0.3) is 32.9 Å². The number of hydrogen-bond donors (Lipinski definition) is 1. The van der Waals surface area contributed by atoms with Gasteiger partial charge in [-0.1, -0.05) is 32.8 Å². The molecule has 3 amide bonds. The SMILES string of the molecule is C#Cc1c(F)ccc2cc(OCOC)cc(-c3ncc4c(N5CC6CCC(C5)N6C(=O)OC(C)(C)C)nc(OC[C@@H]5CCCN5CCCC5CCC(=O)N5[C@H](C(=O)N5C[C@H](OC6CCCCO6)C[C@H]5C(=O)O)C(C)(C)C)nc4c3F)c12. The minimum Gasteiger partial charge on any atom is -0.480 e. The number of pyridine rings is 1. The molecule has 4 unspecified atom stereocenters. The van der Waals surface area contributed by atoms with Gasteiger partial charge in [0.25, 0.3) is 0 Å². The lowest BCUT2D eigenvalue weighted by molar-refractivity contribution is -0.185. The van der Waals surface area contributed by atoms with Crippen LogP contribution in [0, 0.1) is 29.4 Å². The number of anilines is 1. The lowest BCUT2D eigenvalue weighted by Gasteiger charge is -2.42. The van der Waals surface area contributed by atoms with Gasteiger partial charge in [0, 0.05) is 75.4 Å². The van der Waals surface area contributed by atoms with E-state index in [0.29, 0.717) is 80.7 Å². The number of aromatic nitrogens is 3. The van der Waals surface area contributed by atoms with E-state index in [-0.39, 0.29) is 102 Å². The molecule has 10 rings (SSSR count). The van der Waals surface area contributed by atoms with Crippen LogP contribution in [0.2, 0.25) is 0 Å². The van der Waals surface area contributed by atoms with Crippen LogP contribution in [0.15, 0.2) is 30.5 Å². The molecule has 0 radical (unpaired) electrons. The van der Waals surface area contributed by atoms with Gasteiger partial charge < -0.3 is 48.2 Å². The molecule has 2 aromatic heterocycles. The molecule has 0 saturated carbocycles. The average molecular weight is 1120 g/mol. The average Bonchev–Trinajstić information content (AvgIpc) is 4.36. The molecule has 19 nitrogen and oxygen atoms in total. The van der Waals surface area contributed by atoms with E-state index in [9.17, 15) is 24.3 Å². The van der Waals surface area contributed by atoms with Gasteiger partial charge in [0.2, 0.25) is 11.8 Å². The number of ether oxygens (including phenoxy) is 6. The zero-order valence-corrected chi connectivity index (χ0v) is 47.6. The normalized spacial score (nSPS) is 24.8. The number of benzene rings is 2. The first-order chi connectivity index (χ1) is 38.7. The molecule has 1 N–H and O–H groups in total. The fourth-order valence-corrected chi connectivity index (χ4v) is 13.1. The number of carboxylic acid groups (broad SMARTS) is 1. The number of rotatable bonds is 17. The number of terminal acetylenes is 1. The van der Waals surface area contributed by atoms with E-state index in [2.05, 4.69) is 15.8 Å². The van der Waals surface area contributed by atoms with E-state index in [1.54, 1.807) is 23.1 Å². The van der Waals surface area contributed by atoms with Gasteiger partial charge in [0.15, 0.2) is 18.9 Å². The predicted molar refractivity (Wildman–Crippen MR) is 296 cm³/mol. The van der Waals surface area contributed by atoms with Gasteiger partial charge in [-0.25, -0.2) is 18.4 Å². The first-order valence-electron chi connectivity index (χ1n) is 28.7. The molecular formula is C60H76F2N8O11. The number of carbonyl (C=O) groups excluding carboxylic acids is 3. The lowest BCUT2D eigenvalue weighted by Crippen LogP contribution is -2.59. The van der Waals surface area contributed by atoms with Crippen molar-refractivity contribution in [2.24, 2.45) is 5.41 Å². The molecule has 4 aromatic rings. The van der Waals surface area contributed by atoms with Gasteiger partial charge in [0.05, 0.1) is 29.1 Å². The van der Waals surface area contributed by atoms with Crippen LogP contribution < -0.4 is 14.4 Å². The largest absolute Gasteiger partial charge is 0.480 e. The summed E-state index contributed by atoms with van der Waals surface area (Å²) in [7, 11) is 1.47. The van der Waals surface area contributed by atoms with Gasteiger partial charge >= 0.3 is 18.1 Å². The molecule has 8 atom stereocenters. The summed E-state index contributed by atoms with van der Waals surface area (Å²) in [5.74, 6) is 0.0855. The Hall–Kier alpha value is -6.47. The summed E-state index contributed by atoms with van der Waals surface area (Å²) in [4.78, 5) is 78.5. The third kappa shape index (κ3) is 12.2. The molecule has 6 aliphatic rings. The van der Waals surface area contributed by atoms with Gasteiger partial charge in [-0.05, 0) is 127 Å². The van der Waals surface area contributed by atoms with Crippen molar-refractivity contribution in [3.8, 4) is 35.4 Å². The van der Waals surface area contributed by atoms with E-state index < -0.39 is 53.1 Å². The Kier molecular flexibility index (Phi) is 17.0. The number of amides is 3. The summed E-state index contributed by atoms with van der Waals surface area (Å²) in [6.45, 7) is 14.3.